The number of ether oxygens (including phenoxy) is 2. The van der Waals surface area contributed by atoms with Crippen molar-refractivity contribution in [1.82, 2.24) is 19.2 Å². The third kappa shape index (κ3) is 4.31. The Morgan fingerprint density at radius 3 is 2.39 bits per heavy atom. The molecule has 0 bridgehead atoms. The molecule has 0 unspecified atom stereocenters. The van der Waals surface area contributed by atoms with Crippen molar-refractivity contribution in [3.05, 3.63) is 76.8 Å². The van der Waals surface area contributed by atoms with Crippen LogP contribution in [0.5, 0.6) is 11.5 Å². The average Bonchev–Trinajstić information content (AvgIpc) is 3.22. The van der Waals surface area contributed by atoms with Gasteiger partial charge in [-0.1, -0.05) is 11.8 Å². The summed E-state index contributed by atoms with van der Waals surface area (Å²) >= 11 is 1.23. The van der Waals surface area contributed by atoms with E-state index in [-0.39, 0.29) is 22.7 Å². The molecule has 0 amide bonds. The number of carbonyl (C=O) groups excluding carboxylic acids is 1. The van der Waals surface area contributed by atoms with Crippen molar-refractivity contribution in [2.75, 3.05) is 19.5 Å². The molecule has 0 radical (unpaired) electrons. The predicted octanol–water partition coefficient (Wildman–Crippen LogP) is 3.26. The second-order valence-electron chi connectivity index (χ2n) is 6.52. The molecule has 0 spiro atoms. The van der Waals surface area contributed by atoms with Crippen LogP contribution in [0.3, 0.4) is 0 Å². The van der Waals surface area contributed by atoms with E-state index < -0.39 is 0 Å². The van der Waals surface area contributed by atoms with Crippen molar-refractivity contribution >= 4 is 23.2 Å². The number of hydrogen-bond acceptors (Lipinski definition) is 7. The summed E-state index contributed by atoms with van der Waals surface area (Å²) < 4.78 is 13.6. The molecule has 0 aliphatic rings. The molecule has 4 aromatic rings. The van der Waals surface area contributed by atoms with E-state index in [9.17, 15) is 9.59 Å². The smallest absolute Gasteiger partial charge is 0.300 e. The zero-order valence-electron chi connectivity index (χ0n) is 17.0. The van der Waals surface area contributed by atoms with Crippen LogP contribution in [0, 0.1) is 0 Å². The SMILES string of the molecule is CCOc1ccc(C(=O)CSc2nnc3c(=O)n(-c4ccc(OC)cc4)ccn23)cc1. The van der Waals surface area contributed by atoms with E-state index in [0.29, 0.717) is 28.8 Å². The topological polar surface area (TPSA) is 87.7 Å². The number of hydrogen-bond donors (Lipinski definition) is 0. The van der Waals surface area contributed by atoms with Crippen molar-refractivity contribution in [3.8, 4) is 17.2 Å². The predicted molar refractivity (Wildman–Crippen MR) is 118 cm³/mol. The highest BCUT2D eigenvalue weighted by Crippen LogP contribution is 2.20. The summed E-state index contributed by atoms with van der Waals surface area (Å²) in [4.78, 5) is 25.4. The van der Waals surface area contributed by atoms with E-state index in [1.807, 2.05) is 6.92 Å². The van der Waals surface area contributed by atoms with Gasteiger partial charge in [-0.3, -0.25) is 18.6 Å². The quantitative estimate of drug-likeness (QED) is 0.309. The van der Waals surface area contributed by atoms with E-state index in [1.165, 1.54) is 16.3 Å². The molecule has 2 aromatic heterocycles. The van der Waals surface area contributed by atoms with Gasteiger partial charge in [-0.15, -0.1) is 10.2 Å². The number of Topliss-reactive ketones (excluding diaryl/α,β-unsaturated/α-hetero) is 1. The van der Waals surface area contributed by atoms with Gasteiger partial charge in [0.15, 0.2) is 10.9 Å². The average molecular weight is 436 g/mol. The van der Waals surface area contributed by atoms with Gasteiger partial charge in [0.1, 0.15) is 11.5 Å². The van der Waals surface area contributed by atoms with Gasteiger partial charge >= 0.3 is 5.56 Å². The van der Waals surface area contributed by atoms with E-state index in [0.717, 1.165) is 5.75 Å². The van der Waals surface area contributed by atoms with Gasteiger partial charge in [-0.05, 0) is 55.5 Å². The van der Waals surface area contributed by atoms with Crippen LogP contribution in [-0.2, 0) is 0 Å². The number of carbonyl (C=O) groups is 1. The van der Waals surface area contributed by atoms with Gasteiger partial charge in [-0.2, -0.15) is 0 Å². The molecular weight excluding hydrogens is 416 g/mol. The Labute approximate surface area is 182 Å². The fraction of sp³-hybridized carbons (Fsp3) is 0.182. The molecule has 0 aliphatic heterocycles. The van der Waals surface area contributed by atoms with Crippen LogP contribution in [0.15, 0.2) is 70.9 Å². The van der Waals surface area contributed by atoms with Gasteiger partial charge in [0.05, 0.1) is 19.5 Å². The van der Waals surface area contributed by atoms with Crippen LogP contribution in [0.2, 0.25) is 0 Å². The van der Waals surface area contributed by atoms with Gasteiger partial charge < -0.3 is 9.47 Å². The molecule has 158 valence electrons. The highest BCUT2D eigenvalue weighted by Gasteiger charge is 2.14. The first-order valence-corrected chi connectivity index (χ1v) is 10.6. The van der Waals surface area contributed by atoms with Crippen LogP contribution in [0.1, 0.15) is 17.3 Å². The summed E-state index contributed by atoms with van der Waals surface area (Å²) in [6, 6.07) is 14.2. The molecule has 0 saturated heterocycles. The van der Waals surface area contributed by atoms with Crippen LogP contribution in [0.25, 0.3) is 11.3 Å². The molecule has 0 N–H and O–H groups in total. The summed E-state index contributed by atoms with van der Waals surface area (Å²) in [5.41, 5.74) is 1.17. The third-order valence-electron chi connectivity index (χ3n) is 4.61. The minimum atomic E-state index is -0.301. The van der Waals surface area contributed by atoms with Crippen molar-refractivity contribution in [2.45, 2.75) is 12.1 Å². The Hall–Kier alpha value is -3.59. The van der Waals surface area contributed by atoms with Gasteiger partial charge in [0, 0.05) is 23.6 Å². The van der Waals surface area contributed by atoms with Crippen LogP contribution in [0.4, 0.5) is 0 Å². The number of rotatable bonds is 8. The zero-order valence-corrected chi connectivity index (χ0v) is 17.8. The molecular formula is C22H20N4O4S. The van der Waals surface area contributed by atoms with Crippen molar-refractivity contribution < 1.29 is 14.3 Å². The lowest BCUT2D eigenvalue weighted by Crippen LogP contribution is -2.20. The molecule has 2 heterocycles. The Bertz CT molecular complexity index is 1260. The second kappa shape index (κ2) is 9.05. The number of methoxy groups -OCH3 is 1. The first kappa shape index (κ1) is 20.7. The second-order valence-corrected chi connectivity index (χ2v) is 7.46. The van der Waals surface area contributed by atoms with Gasteiger partial charge in [0.25, 0.3) is 0 Å². The standard InChI is InChI=1S/C22H20N4O4S/c1-3-30-18-8-4-15(5-9-18)19(27)14-31-22-24-23-20-21(28)25(12-13-26(20)22)16-6-10-17(29-2)11-7-16/h4-13H,3,14H2,1-2H3. The normalized spacial score (nSPS) is 10.9. The Morgan fingerprint density at radius 1 is 1.00 bits per heavy atom. The van der Waals surface area contributed by atoms with Gasteiger partial charge in [-0.25, -0.2) is 0 Å². The molecule has 0 saturated carbocycles. The molecule has 9 heteroatoms. The molecule has 31 heavy (non-hydrogen) atoms. The maximum absolute atomic E-state index is 12.9. The first-order chi connectivity index (χ1) is 15.1. The Kier molecular flexibility index (Phi) is 6.03. The Balaban J connectivity index is 1.52. The van der Waals surface area contributed by atoms with Crippen LogP contribution < -0.4 is 15.0 Å². The van der Waals surface area contributed by atoms with Crippen molar-refractivity contribution in [3.63, 3.8) is 0 Å². The largest absolute Gasteiger partial charge is 0.497 e. The number of ketones is 1. The highest BCUT2D eigenvalue weighted by atomic mass is 32.2. The lowest BCUT2D eigenvalue weighted by Gasteiger charge is -2.07. The molecule has 0 atom stereocenters. The maximum Gasteiger partial charge on any atom is 0.300 e. The Morgan fingerprint density at radius 2 is 1.71 bits per heavy atom. The molecule has 2 aromatic carbocycles. The van der Waals surface area contributed by atoms with E-state index in [2.05, 4.69) is 10.2 Å². The number of aromatic nitrogens is 4. The number of benzene rings is 2. The number of fused-ring (bicyclic) bond motifs is 1. The molecule has 4 rings (SSSR count). The van der Waals surface area contributed by atoms with E-state index >= 15 is 0 Å². The summed E-state index contributed by atoms with van der Waals surface area (Å²) in [5.74, 6) is 1.56. The lowest BCUT2D eigenvalue weighted by atomic mass is 10.1. The highest BCUT2D eigenvalue weighted by molar-refractivity contribution is 7.99. The number of thioether (sulfide) groups is 1. The van der Waals surface area contributed by atoms with E-state index in [4.69, 9.17) is 9.47 Å². The molecule has 0 aliphatic carbocycles. The zero-order chi connectivity index (χ0) is 21.8. The minimum Gasteiger partial charge on any atom is -0.497 e. The lowest BCUT2D eigenvalue weighted by molar-refractivity contribution is 0.102. The number of nitrogens with zero attached hydrogens (tertiary/aromatic N) is 4. The molecule has 0 fully saturated rings. The minimum absolute atomic E-state index is 0.0450. The van der Waals surface area contributed by atoms with E-state index in [1.54, 1.807) is 72.4 Å². The van der Waals surface area contributed by atoms with Crippen molar-refractivity contribution in [2.24, 2.45) is 0 Å². The molecule has 8 nitrogen and oxygen atoms in total. The van der Waals surface area contributed by atoms with Crippen LogP contribution in [-0.4, -0.2) is 44.4 Å². The fourth-order valence-electron chi connectivity index (χ4n) is 3.03. The first-order valence-electron chi connectivity index (χ1n) is 9.60. The summed E-state index contributed by atoms with van der Waals surface area (Å²) in [7, 11) is 1.59. The summed E-state index contributed by atoms with van der Waals surface area (Å²) in [6.07, 6.45) is 3.36. The van der Waals surface area contributed by atoms with Gasteiger partial charge in [0.2, 0.25) is 5.65 Å². The fourth-order valence-corrected chi connectivity index (χ4v) is 3.84. The van der Waals surface area contributed by atoms with Crippen molar-refractivity contribution in [1.29, 1.82) is 0 Å². The maximum atomic E-state index is 12.9. The third-order valence-corrected chi connectivity index (χ3v) is 5.55. The van der Waals surface area contributed by atoms with Crippen LogP contribution >= 0.6 is 11.8 Å². The monoisotopic (exact) mass is 436 g/mol. The summed E-state index contributed by atoms with van der Waals surface area (Å²) in [6.45, 7) is 2.48. The summed E-state index contributed by atoms with van der Waals surface area (Å²) in [5, 5.41) is 8.60.